The van der Waals surface area contributed by atoms with E-state index in [9.17, 15) is 0 Å². The summed E-state index contributed by atoms with van der Waals surface area (Å²) in [5.74, 6) is 0. The van der Waals surface area contributed by atoms with Gasteiger partial charge in [0, 0.05) is 12.6 Å². The van der Waals surface area contributed by atoms with E-state index in [1.165, 1.54) is 38.5 Å². The maximum Gasteiger partial charge on any atom is 0.0726 e. The van der Waals surface area contributed by atoms with E-state index in [4.69, 9.17) is 10.5 Å². The molecule has 0 radical (unpaired) electrons. The minimum atomic E-state index is 0.291. The van der Waals surface area contributed by atoms with Gasteiger partial charge in [-0.25, -0.2) is 0 Å². The molecule has 78 valence electrons. The normalized spacial score (nSPS) is 24.9. The monoisotopic (exact) mass is 185 g/mol. The Balaban J connectivity index is 1.99. The molecule has 1 fully saturated rings. The molecule has 13 heavy (non-hydrogen) atoms. The third kappa shape index (κ3) is 4.10. The van der Waals surface area contributed by atoms with Crippen LogP contribution in [-0.2, 0) is 4.74 Å². The lowest BCUT2D eigenvalue weighted by atomic mass is 10.0. The number of unbranched alkanes of at least 4 members (excludes halogenated alkanes) is 3. The second-order valence-electron chi connectivity index (χ2n) is 4.06. The number of ether oxygens (including phenoxy) is 1. The fraction of sp³-hybridized carbons (Fsp3) is 1.00. The topological polar surface area (TPSA) is 35.2 Å². The first-order valence-corrected chi connectivity index (χ1v) is 5.71. The van der Waals surface area contributed by atoms with Crippen LogP contribution in [0.5, 0.6) is 0 Å². The van der Waals surface area contributed by atoms with E-state index < -0.39 is 0 Å². The van der Waals surface area contributed by atoms with Crippen LogP contribution in [0, 0.1) is 0 Å². The molecule has 2 heteroatoms. The molecule has 0 aromatic heterocycles. The second kappa shape index (κ2) is 6.39. The standard InChI is InChI=1S/C11H23NO/c1-2-3-4-5-7-10(12)11-8-6-9-13-11/h10-11H,2-9,12H2,1H3. The minimum absolute atomic E-state index is 0.291. The molecule has 2 unspecified atom stereocenters. The van der Waals surface area contributed by atoms with Crippen molar-refractivity contribution in [1.82, 2.24) is 0 Å². The minimum Gasteiger partial charge on any atom is -0.377 e. The van der Waals surface area contributed by atoms with Crippen molar-refractivity contribution in [3.63, 3.8) is 0 Å². The average molecular weight is 185 g/mol. The zero-order valence-electron chi connectivity index (χ0n) is 8.80. The second-order valence-corrected chi connectivity index (χ2v) is 4.06. The molecule has 0 aliphatic carbocycles. The van der Waals surface area contributed by atoms with Gasteiger partial charge in [0.25, 0.3) is 0 Å². The largest absolute Gasteiger partial charge is 0.377 e. The molecule has 0 aromatic rings. The molecule has 0 amide bonds. The summed E-state index contributed by atoms with van der Waals surface area (Å²) in [6, 6.07) is 0.291. The maximum absolute atomic E-state index is 6.04. The molecule has 1 heterocycles. The molecule has 1 aliphatic rings. The summed E-state index contributed by atoms with van der Waals surface area (Å²) >= 11 is 0. The van der Waals surface area contributed by atoms with Crippen LogP contribution in [0.15, 0.2) is 0 Å². The van der Waals surface area contributed by atoms with Gasteiger partial charge in [-0.15, -0.1) is 0 Å². The van der Waals surface area contributed by atoms with Crippen molar-refractivity contribution >= 4 is 0 Å². The summed E-state index contributed by atoms with van der Waals surface area (Å²) < 4.78 is 5.55. The van der Waals surface area contributed by atoms with E-state index in [0.717, 1.165) is 13.0 Å². The zero-order valence-corrected chi connectivity index (χ0v) is 8.80. The number of rotatable bonds is 6. The first-order chi connectivity index (χ1) is 6.34. The molecular weight excluding hydrogens is 162 g/mol. The molecule has 1 rings (SSSR count). The quantitative estimate of drug-likeness (QED) is 0.645. The van der Waals surface area contributed by atoms with Gasteiger partial charge in [0.2, 0.25) is 0 Å². The first kappa shape index (κ1) is 11.0. The Labute approximate surface area is 81.8 Å². The number of hydrogen-bond donors (Lipinski definition) is 1. The molecule has 2 nitrogen and oxygen atoms in total. The predicted molar refractivity (Wildman–Crippen MR) is 55.7 cm³/mol. The fourth-order valence-corrected chi connectivity index (χ4v) is 1.93. The third-order valence-corrected chi connectivity index (χ3v) is 2.83. The third-order valence-electron chi connectivity index (χ3n) is 2.83. The molecule has 0 aromatic carbocycles. The van der Waals surface area contributed by atoms with Crippen LogP contribution in [0.2, 0.25) is 0 Å². The average Bonchev–Trinajstić information content (AvgIpc) is 2.65. The van der Waals surface area contributed by atoms with Crippen molar-refractivity contribution in [2.75, 3.05) is 6.61 Å². The van der Waals surface area contributed by atoms with E-state index in [1.807, 2.05) is 0 Å². The predicted octanol–water partition coefficient (Wildman–Crippen LogP) is 2.46. The van der Waals surface area contributed by atoms with E-state index in [2.05, 4.69) is 6.92 Å². The zero-order chi connectivity index (χ0) is 9.52. The fourth-order valence-electron chi connectivity index (χ4n) is 1.93. The van der Waals surface area contributed by atoms with Gasteiger partial charge >= 0.3 is 0 Å². The molecule has 2 N–H and O–H groups in total. The lowest BCUT2D eigenvalue weighted by molar-refractivity contribution is 0.0868. The lowest BCUT2D eigenvalue weighted by Gasteiger charge is -2.17. The van der Waals surface area contributed by atoms with Crippen molar-refractivity contribution < 1.29 is 4.74 Å². The van der Waals surface area contributed by atoms with Gasteiger partial charge < -0.3 is 10.5 Å². The Morgan fingerprint density at radius 3 is 2.85 bits per heavy atom. The van der Waals surface area contributed by atoms with Crippen LogP contribution in [0.25, 0.3) is 0 Å². The van der Waals surface area contributed by atoms with Gasteiger partial charge in [-0.05, 0) is 19.3 Å². The highest BCUT2D eigenvalue weighted by atomic mass is 16.5. The van der Waals surface area contributed by atoms with Gasteiger partial charge in [0.1, 0.15) is 0 Å². The molecule has 0 spiro atoms. The van der Waals surface area contributed by atoms with E-state index >= 15 is 0 Å². The Morgan fingerprint density at radius 1 is 1.38 bits per heavy atom. The van der Waals surface area contributed by atoms with Crippen molar-refractivity contribution in [2.45, 2.75) is 64.0 Å². The summed E-state index contributed by atoms with van der Waals surface area (Å²) in [5, 5.41) is 0. The van der Waals surface area contributed by atoms with Gasteiger partial charge in [-0.2, -0.15) is 0 Å². The van der Waals surface area contributed by atoms with Gasteiger partial charge in [0.05, 0.1) is 6.10 Å². The van der Waals surface area contributed by atoms with Crippen LogP contribution in [0.1, 0.15) is 51.9 Å². The van der Waals surface area contributed by atoms with Gasteiger partial charge in [-0.3, -0.25) is 0 Å². The first-order valence-electron chi connectivity index (χ1n) is 5.71. The highest BCUT2D eigenvalue weighted by Crippen LogP contribution is 2.18. The van der Waals surface area contributed by atoms with Crippen molar-refractivity contribution in [2.24, 2.45) is 5.73 Å². The van der Waals surface area contributed by atoms with Crippen LogP contribution in [0.3, 0.4) is 0 Å². The SMILES string of the molecule is CCCCCCC(N)C1CCCO1. The number of hydrogen-bond acceptors (Lipinski definition) is 2. The lowest BCUT2D eigenvalue weighted by Crippen LogP contribution is -2.33. The molecule has 1 saturated heterocycles. The van der Waals surface area contributed by atoms with E-state index in [-0.39, 0.29) is 0 Å². The summed E-state index contributed by atoms with van der Waals surface area (Å²) in [5.41, 5.74) is 6.04. The number of nitrogens with two attached hydrogens (primary N) is 1. The van der Waals surface area contributed by atoms with Crippen molar-refractivity contribution in [1.29, 1.82) is 0 Å². The Bertz CT molecular complexity index is 121. The maximum atomic E-state index is 6.04. The van der Waals surface area contributed by atoms with Crippen LogP contribution < -0.4 is 5.73 Å². The van der Waals surface area contributed by atoms with Crippen molar-refractivity contribution in [3.8, 4) is 0 Å². The molecule has 1 aliphatic heterocycles. The van der Waals surface area contributed by atoms with Crippen LogP contribution in [0.4, 0.5) is 0 Å². The Kier molecular flexibility index (Phi) is 5.40. The Hall–Kier alpha value is -0.0800. The summed E-state index contributed by atoms with van der Waals surface area (Å²) in [7, 11) is 0. The summed E-state index contributed by atoms with van der Waals surface area (Å²) in [6.45, 7) is 3.16. The van der Waals surface area contributed by atoms with E-state index in [1.54, 1.807) is 0 Å². The Morgan fingerprint density at radius 2 is 2.23 bits per heavy atom. The smallest absolute Gasteiger partial charge is 0.0726 e. The summed E-state index contributed by atoms with van der Waals surface area (Å²) in [4.78, 5) is 0. The van der Waals surface area contributed by atoms with E-state index in [0.29, 0.717) is 12.1 Å². The van der Waals surface area contributed by atoms with Gasteiger partial charge in [0.15, 0.2) is 0 Å². The van der Waals surface area contributed by atoms with Gasteiger partial charge in [-0.1, -0.05) is 32.6 Å². The molecule has 2 atom stereocenters. The molecular formula is C11H23NO. The highest BCUT2D eigenvalue weighted by Gasteiger charge is 2.21. The molecule has 0 saturated carbocycles. The summed E-state index contributed by atoms with van der Waals surface area (Å²) in [6.07, 6.45) is 9.13. The van der Waals surface area contributed by atoms with Crippen LogP contribution in [-0.4, -0.2) is 18.8 Å². The molecule has 0 bridgehead atoms. The van der Waals surface area contributed by atoms with Crippen molar-refractivity contribution in [3.05, 3.63) is 0 Å². The highest BCUT2D eigenvalue weighted by molar-refractivity contribution is 4.76. The van der Waals surface area contributed by atoms with Crippen LogP contribution >= 0.6 is 0 Å².